The van der Waals surface area contributed by atoms with E-state index in [4.69, 9.17) is 14.9 Å². The third-order valence-electron chi connectivity index (χ3n) is 5.17. The maximum Gasteiger partial charge on any atom is 0.248 e. The zero-order valence-electron chi connectivity index (χ0n) is 17.0. The maximum atomic E-state index is 14.3. The molecular formula is C22H26FN3O3S. The topological polar surface area (TPSA) is 94.4 Å². The van der Waals surface area contributed by atoms with E-state index in [0.717, 1.165) is 24.0 Å². The molecule has 160 valence electrons. The lowest BCUT2D eigenvalue weighted by Gasteiger charge is -2.33. The van der Waals surface area contributed by atoms with Crippen LogP contribution in [0.15, 0.2) is 40.8 Å². The molecule has 0 aliphatic heterocycles. The highest BCUT2D eigenvalue weighted by Crippen LogP contribution is 2.32. The number of aryl methyl sites for hydroxylation is 1. The van der Waals surface area contributed by atoms with E-state index in [1.165, 1.54) is 11.6 Å². The molecule has 8 heteroatoms. The van der Waals surface area contributed by atoms with Gasteiger partial charge in [-0.3, -0.25) is 0 Å². The first kappa shape index (κ1) is 22.3. The second-order valence-electron chi connectivity index (χ2n) is 7.90. The first-order valence-electron chi connectivity index (χ1n) is 9.69. The number of nitrogens with zero attached hydrogens (tertiary/aromatic N) is 2. The molecule has 1 aromatic heterocycles. The van der Waals surface area contributed by atoms with E-state index in [0.29, 0.717) is 17.9 Å². The number of benzene rings is 2. The SMILES string of the molecule is CC(C)Oc1ccc(-c2nnc(-c3ccc4c(c3)C[C@](N)(CO)CC4)o2)cc1F.S. The van der Waals surface area contributed by atoms with Crippen molar-refractivity contribution in [1.82, 2.24) is 10.2 Å². The van der Waals surface area contributed by atoms with Gasteiger partial charge in [-0.1, -0.05) is 6.07 Å². The van der Waals surface area contributed by atoms with Crippen LogP contribution in [0.1, 0.15) is 31.4 Å². The summed E-state index contributed by atoms with van der Waals surface area (Å²) in [6.45, 7) is 3.63. The molecule has 0 saturated carbocycles. The monoisotopic (exact) mass is 431 g/mol. The van der Waals surface area contributed by atoms with Gasteiger partial charge in [0, 0.05) is 16.7 Å². The number of rotatable bonds is 5. The minimum atomic E-state index is -0.594. The third kappa shape index (κ3) is 4.50. The van der Waals surface area contributed by atoms with Crippen LogP contribution in [0.4, 0.5) is 4.39 Å². The lowest BCUT2D eigenvalue weighted by Crippen LogP contribution is -2.48. The summed E-state index contributed by atoms with van der Waals surface area (Å²) < 4.78 is 25.5. The van der Waals surface area contributed by atoms with Crippen LogP contribution in [0.5, 0.6) is 5.75 Å². The molecule has 1 aliphatic carbocycles. The molecule has 30 heavy (non-hydrogen) atoms. The van der Waals surface area contributed by atoms with Crippen LogP contribution in [-0.4, -0.2) is 33.6 Å². The quantitative estimate of drug-likeness (QED) is 0.641. The number of fused-ring (bicyclic) bond motifs is 1. The average Bonchev–Trinajstić information content (AvgIpc) is 3.19. The van der Waals surface area contributed by atoms with Crippen LogP contribution < -0.4 is 10.5 Å². The van der Waals surface area contributed by atoms with Crippen molar-refractivity contribution in [1.29, 1.82) is 0 Å². The van der Waals surface area contributed by atoms with Crippen LogP contribution in [0.3, 0.4) is 0 Å². The average molecular weight is 432 g/mol. The first-order valence-corrected chi connectivity index (χ1v) is 9.69. The van der Waals surface area contributed by atoms with Crippen molar-refractivity contribution >= 4 is 13.5 Å². The Morgan fingerprint density at radius 1 is 1.13 bits per heavy atom. The first-order chi connectivity index (χ1) is 13.9. The number of hydrogen-bond donors (Lipinski definition) is 2. The van der Waals surface area contributed by atoms with Gasteiger partial charge in [-0.2, -0.15) is 13.5 Å². The van der Waals surface area contributed by atoms with E-state index < -0.39 is 11.4 Å². The summed E-state index contributed by atoms with van der Waals surface area (Å²) in [4.78, 5) is 0. The molecule has 1 aliphatic rings. The Balaban J connectivity index is 0.00000256. The molecule has 3 N–H and O–H groups in total. The van der Waals surface area contributed by atoms with Crippen molar-refractivity contribution in [3.63, 3.8) is 0 Å². The van der Waals surface area contributed by atoms with Gasteiger partial charge in [0.25, 0.3) is 0 Å². The smallest absolute Gasteiger partial charge is 0.248 e. The van der Waals surface area contributed by atoms with Crippen molar-refractivity contribution in [2.75, 3.05) is 6.61 Å². The molecule has 1 heterocycles. The van der Waals surface area contributed by atoms with Gasteiger partial charge in [0.1, 0.15) is 0 Å². The molecule has 2 aromatic carbocycles. The number of hydrogen-bond acceptors (Lipinski definition) is 6. The van der Waals surface area contributed by atoms with E-state index in [1.807, 2.05) is 32.0 Å². The summed E-state index contributed by atoms with van der Waals surface area (Å²) in [7, 11) is 0. The van der Waals surface area contributed by atoms with E-state index in [9.17, 15) is 9.50 Å². The number of aliphatic hydroxyl groups is 1. The number of aromatic nitrogens is 2. The van der Waals surface area contributed by atoms with Gasteiger partial charge in [-0.25, -0.2) is 4.39 Å². The highest BCUT2D eigenvalue weighted by molar-refractivity contribution is 7.59. The second kappa shape index (κ2) is 8.75. The Labute approximate surface area is 181 Å². The normalized spacial score (nSPS) is 18.1. The van der Waals surface area contributed by atoms with Gasteiger partial charge in [-0.15, -0.1) is 10.2 Å². The van der Waals surface area contributed by atoms with Crippen molar-refractivity contribution in [2.45, 2.75) is 44.8 Å². The number of ether oxygens (including phenoxy) is 1. The van der Waals surface area contributed by atoms with E-state index >= 15 is 0 Å². The Morgan fingerprint density at radius 2 is 1.80 bits per heavy atom. The van der Waals surface area contributed by atoms with Crippen LogP contribution >= 0.6 is 13.5 Å². The fraction of sp³-hybridized carbons (Fsp3) is 0.364. The standard InChI is InChI=1S/C22H24FN3O3.H2S/c1-13(2)28-19-6-5-16(10-18(19)23)21-26-25-20(29-21)15-4-3-14-7-8-22(24,12-27)11-17(14)9-15;/h3-6,9-10,13,27H,7-8,11-12,24H2,1-2H3;1H2/t22-;/m0./s1. The Bertz CT molecular complexity index is 1040. The zero-order chi connectivity index (χ0) is 20.6. The molecule has 0 spiro atoms. The van der Waals surface area contributed by atoms with Crippen molar-refractivity contribution in [2.24, 2.45) is 5.73 Å². The van der Waals surface area contributed by atoms with Crippen molar-refractivity contribution in [3.8, 4) is 28.7 Å². The predicted octanol–water partition coefficient (Wildman–Crippen LogP) is 3.62. The van der Waals surface area contributed by atoms with Gasteiger partial charge in [0.05, 0.1) is 12.7 Å². The minimum absolute atomic E-state index is 0. The molecule has 0 radical (unpaired) electrons. The van der Waals surface area contributed by atoms with Crippen LogP contribution in [0.25, 0.3) is 22.9 Å². The Morgan fingerprint density at radius 3 is 2.43 bits per heavy atom. The van der Waals surface area contributed by atoms with Gasteiger partial charge >= 0.3 is 0 Å². The molecular weight excluding hydrogens is 405 g/mol. The van der Waals surface area contributed by atoms with Gasteiger partial charge in [0.2, 0.25) is 11.8 Å². The summed E-state index contributed by atoms with van der Waals surface area (Å²) in [5.74, 6) is 0.291. The van der Waals surface area contributed by atoms with Crippen LogP contribution in [0.2, 0.25) is 0 Å². The zero-order valence-corrected chi connectivity index (χ0v) is 18.0. The second-order valence-corrected chi connectivity index (χ2v) is 7.90. The predicted molar refractivity (Wildman–Crippen MR) is 117 cm³/mol. The largest absolute Gasteiger partial charge is 0.488 e. The van der Waals surface area contributed by atoms with Gasteiger partial charge in [0.15, 0.2) is 11.6 Å². The number of halogens is 1. The van der Waals surface area contributed by atoms with E-state index in [1.54, 1.807) is 12.1 Å². The van der Waals surface area contributed by atoms with E-state index in [2.05, 4.69) is 10.2 Å². The summed E-state index contributed by atoms with van der Waals surface area (Å²) in [5.41, 5.74) is 9.20. The Kier molecular flexibility index (Phi) is 6.50. The third-order valence-corrected chi connectivity index (χ3v) is 5.17. The maximum absolute atomic E-state index is 14.3. The Hall–Kier alpha value is -2.42. The lowest BCUT2D eigenvalue weighted by atomic mass is 9.78. The van der Waals surface area contributed by atoms with Crippen LogP contribution in [0, 0.1) is 5.82 Å². The fourth-order valence-corrected chi connectivity index (χ4v) is 3.59. The molecule has 4 rings (SSSR count). The minimum Gasteiger partial charge on any atom is -0.488 e. The lowest BCUT2D eigenvalue weighted by molar-refractivity contribution is 0.181. The highest BCUT2D eigenvalue weighted by atomic mass is 32.1. The van der Waals surface area contributed by atoms with Gasteiger partial charge in [-0.05, 0) is 74.6 Å². The van der Waals surface area contributed by atoms with Gasteiger partial charge < -0.3 is 20.0 Å². The molecule has 0 amide bonds. The molecule has 6 nitrogen and oxygen atoms in total. The molecule has 0 saturated heterocycles. The molecule has 3 aromatic rings. The number of aliphatic hydroxyl groups excluding tert-OH is 1. The molecule has 0 unspecified atom stereocenters. The summed E-state index contributed by atoms with van der Waals surface area (Å²) in [6.07, 6.45) is 2.05. The molecule has 0 fully saturated rings. The summed E-state index contributed by atoms with van der Waals surface area (Å²) in [5, 5.41) is 17.8. The van der Waals surface area contributed by atoms with Crippen LogP contribution in [-0.2, 0) is 12.8 Å². The highest BCUT2D eigenvalue weighted by Gasteiger charge is 2.30. The number of nitrogens with two attached hydrogens (primary N) is 1. The summed E-state index contributed by atoms with van der Waals surface area (Å²) in [6, 6.07) is 10.5. The van der Waals surface area contributed by atoms with Crippen molar-refractivity contribution < 1.29 is 18.7 Å². The fourth-order valence-electron chi connectivity index (χ4n) is 3.59. The van der Waals surface area contributed by atoms with Crippen molar-refractivity contribution in [3.05, 3.63) is 53.3 Å². The molecule has 1 atom stereocenters. The molecule has 0 bridgehead atoms. The van der Waals surface area contributed by atoms with E-state index in [-0.39, 0.29) is 37.8 Å². The summed E-state index contributed by atoms with van der Waals surface area (Å²) >= 11 is 0.